The Bertz CT molecular complexity index is 674. The van der Waals surface area contributed by atoms with Gasteiger partial charge in [-0.25, -0.2) is 4.39 Å². The van der Waals surface area contributed by atoms with E-state index in [-0.39, 0.29) is 23.7 Å². The number of nitro groups is 1. The van der Waals surface area contributed by atoms with Crippen molar-refractivity contribution in [3.05, 3.63) is 63.5 Å². The Hall–Kier alpha value is -2.47. The second kappa shape index (κ2) is 6.32. The van der Waals surface area contributed by atoms with Gasteiger partial charge < -0.3 is 10.5 Å². The first-order chi connectivity index (χ1) is 10.1. The number of aryl methyl sites for hydroxylation is 1. The van der Waals surface area contributed by atoms with E-state index in [1.807, 2.05) is 6.92 Å². The van der Waals surface area contributed by atoms with Crippen LogP contribution in [-0.4, -0.2) is 4.92 Å². The molecule has 0 saturated heterocycles. The number of nitrogens with zero attached hydrogens (tertiary/aromatic N) is 1. The molecule has 2 aromatic rings. The van der Waals surface area contributed by atoms with Crippen molar-refractivity contribution in [1.29, 1.82) is 0 Å². The summed E-state index contributed by atoms with van der Waals surface area (Å²) in [5, 5.41) is 11.1. The lowest BCUT2D eigenvalue weighted by molar-refractivity contribution is -0.385. The summed E-state index contributed by atoms with van der Waals surface area (Å²) < 4.78 is 19.3. The minimum Gasteiger partial charge on any atom is -0.447 e. The molecular weight excluding hydrogens is 275 g/mol. The number of halogens is 1. The molecule has 5 nitrogen and oxygen atoms in total. The van der Waals surface area contributed by atoms with Crippen LogP contribution in [0.15, 0.2) is 36.4 Å². The average molecular weight is 290 g/mol. The van der Waals surface area contributed by atoms with Crippen LogP contribution in [0.1, 0.15) is 18.1 Å². The molecule has 0 spiro atoms. The van der Waals surface area contributed by atoms with Crippen molar-refractivity contribution < 1.29 is 14.1 Å². The van der Waals surface area contributed by atoms with E-state index >= 15 is 0 Å². The standard InChI is InChI=1S/C15H15FN2O3/c1-2-10-6-7-14(13(8-10)18(19)20)21-15-11(9-17)4-3-5-12(15)16/h3-8H,2,9,17H2,1H3. The second-order valence-corrected chi connectivity index (χ2v) is 4.45. The van der Waals surface area contributed by atoms with Gasteiger partial charge in [-0.05, 0) is 24.1 Å². The number of nitro benzene ring substituents is 1. The van der Waals surface area contributed by atoms with Crippen LogP contribution in [0.25, 0.3) is 0 Å². The molecule has 0 aliphatic heterocycles. The first-order valence-electron chi connectivity index (χ1n) is 6.49. The number of hydrogen-bond acceptors (Lipinski definition) is 4. The number of nitrogens with two attached hydrogens (primary N) is 1. The van der Waals surface area contributed by atoms with Gasteiger partial charge in [0.15, 0.2) is 11.6 Å². The van der Waals surface area contributed by atoms with Crippen molar-refractivity contribution in [3.63, 3.8) is 0 Å². The van der Waals surface area contributed by atoms with Crippen molar-refractivity contribution in [3.8, 4) is 11.5 Å². The lowest BCUT2D eigenvalue weighted by Crippen LogP contribution is -2.02. The van der Waals surface area contributed by atoms with Gasteiger partial charge in [0.2, 0.25) is 5.75 Å². The molecule has 0 heterocycles. The zero-order valence-corrected chi connectivity index (χ0v) is 11.5. The van der Waals surface area contributed by atoms with E-state index in [4.69, 9.17) is 10.5 Å². The van der Waals surface area contributed by atoms with Gasteiger partial charge in [0.05, 0.1) is 4.92 Å². The smallest absolute Gasteiger partial charge is 0.311 e. The summed E-state index contributed by atoms with van der Waals surface area (Å²) in [7, 11) is 0. The minimum absolute atomic E-state index is 0.00278. The Kier molecular flexibility index (Phi) is 4.49. The van der Waals surface area contributed by atoms with E-state index < -0.39 is 10.7 Å². The number of ether oxygens (including phenoxy) is 1. The molecule has 6 heteroatoms. The molecule has 0 bridgehead atoms. The molecular formula is C15H15FN2O3. The molecule has 0 fully saturated rings. The number of hydrogen-bond donors (Lipinski definition) is 1. The maximum atomic E-state index is 13.9. The minimum atomic E-state index is -0.605. The highest BCUT2D eigenvalue weighted by atomic mass is 19.1. The quantitative estimate of drug-likeness (QED) is 0.674. The van der Waals surface area contributed by atoms with Gasteiger partial charge in [0.1, 0.15) is 0 Å². The van der Waals surface area contributed by atoms with Gasteiger partial charge >= 0.3 is 5.69 Å². The molecule has 0 radical (unpaired) electrons. The van der Waals surface area contributed by atoms with Gasteiger partial charge in [0, 0.05) is 18.2 Å². The third kappa shape index (κ3) is 3.17. The first kappa shape index (κ1) is 14.9. The van der Waals surface area contributed by atoms with Crippen LogP contribution in [0, 0.1) is 15.9 Å². The highest BCUT2D eigenvalue weighted by molar-refractivity contribution is 5.51. The maximum Gasteiger partial charge on any atom is 0.311 e. The number of benzene rings is 2. The Morgan fingerprint density at radius 3 is 2.71 bits per heavy atom. The van der Waals surface area contributed by atoms with Crippen LogP contribution in [-0.2, 0) is 13.0 Å². The molecule has 0 aliphatic carbocycles. The van der Waals surface area contributed by atoms with E-state index in [9.17, 15) is 14.5 Å². The molecule has 0 amide bonds. The monoisotopic (exact) mass is 290 g/mol. The van der Waals surface area contributed by atoms with Crippen molar-refractivity contribution in [2.75, 3.05) is 0 Å². The molecule has 110 valence electrons. The summed E-state index contributed by atoms with van der Waals surface area (Å²) >= 11 is 0. The van der Waals surface area contributed by atoms with Gasteiger partial charge in [-0.1, -0.05) is 25.1 Å². The fourth-order valence-corrected chi connectivity index (χ4v) is 1.95. The topological polar surface area (TPSA) is 78.4 Å². The molecule has 2 rings (SSSR count). The summed E-state index contributed by atoms with van der Waals surface area (Å²) in [5.41, 5.74) is 6.60. The van der Waals surface area contributed by atoms with Crippen LogP contribution in [0.3, 0.4) is 0 Å². The van der Waals surface area contributed by atoms with Gasteiger partial charge in [-0.15, -0.1) is 0 Å². The van der Waals surface area contributed by atoms with E-state index in [1.54, 1.807) is 12.1 Å². The molecule has 0 saturated carbocycles. The fraction of sp³-hybridized carbons (Fsp3) is 0.200. The van der Waals surface area contributed by atoms with Crippen LogP contribution in [0.5, 0.6) is 11.5 Å². The zero-order chi connectivity index (χ0) is 15.4. The Morgan fingerprint density at radius 2 is 2.10 bits per heavy atom. The van der Waals surface area contributed by atoms with Crippen LogP contribution < -0.4 is 10.5 Å². The highest BCUT2D eigenvalue weighted by Crippen LogP contribution is 2.35. The lowest BCUT2D eigenvalue weighted by Gasteiger charge is -2.11. The van der Waals surface area contributed by atoms with Gasteiger partial charge in [-0.3, -0.25) is 10.1 Å². The molecule has 0 atom stereocenters. The molecule has 0 aliphatic rings. The van der Waals surface area contributed by atoms with Crippen LogP contribution in [0.4, 0.5) is 10.1 Å². The maximum absolute atomic E-state index is 13.9. The van der Waals surface area contributed by atoms with Crippen LogP contribution in [0.2, 0.25) is 0 Å². The van der Waals surface area contributed by atoms with Crippen molar-refractivity contribution in [2.24, 2.45) is 5.73 Å². The predicted molar refractivity (Wildman–Crippen MR) is 76.8 cm³/mol. The molecule has 0 aromatic heterocycles. The SMILES string of the molecule is CCc1ccc(Oc2c(F)cccc2CN)c([N+](=O)[O-])c1. The van der Waals surface area contributed by atoms with Crippen LogP contribution >= 0.6 is 0 Å². The molecule has 2 N–H and O–H groups in total. The third-order valence-corrected chi connectivity index (χ3v) is 3.11. The van der Waals surface area contributed by atoms with Crippen molar-refractivity contribution in [2.45, 2.75) is 19.9 Å². The van der Waals surface area contributed by atoms with E-state index in [0.717, 1.165) is 5.56 Å². The average Bonchev–Trinajstić information content (AvgIpc) is 2.49. The van der Waals surface area contributed by atoms with E-state index in [2.05, 4.69) is 0 Å². The molecule has 2 aromatic carbocycles. The zero-order valence-electron chi connectivity index (χ0n) is 11.5. The van der Waals surface area contributed by atoms with Crippen molar-refractivity contribution >= 4 is 5.69 Å². The third-order valence-electron chi connectivity index (χ3n) is 3.11. The lowest BCUT2D eigenvalue weighted by atomic mass is 10.1. The van der Waals surface area contributed by atoms with E-state index in [0.29, 0.717) is 12.0 Å². The summed E-state index contributed by atoms with van der Waals surface area (Å²) in [5.74, 6) is -0.684. The van der Waals surface area contributed by atoms with Crippen molar-refractivity contribution in [1.82, 2.24) is 0 Å². The molecule has 21 heavy (non-hydrogen) atoms. The summed E-state index contributed by atoms with van der Waals surface area (Å²) in [6.07, 6.45) is 0.662. The number of para-hydroxylation sites is 1. The Morgan fingerprint density at radius 1 is 1.33 bits per heavy atom. The van der Waals surface area contributed by atoms with Gasteiger partial charge in [-0.2, -0.15) is 0 Å². The second-order valence-electron chi connectivity index (χ2n) is 4.45. The predicted octanol–water partition coefficient (Wildman–Crippen LogP) is 3.55. The van der Waals surface area contributed by atoms with Gasteiger partial charge in [0.25, 0.3) is 0 Å². The summed E-state index contributed by atoms with van der Waals surface area (Å²) in [6.45, 7) is 1.97. The first-order valence-corrected chi connectivity index (χ1v) is 6.49. The van der Waals surface area contributed by atoms with E-state index in [1.165, 1.54) is 24.3 Å². The molecule has 0 unspecified atom stereocenters. The largest absolute Gasteiger partial charge is 0.447 e. The summed E-state index contributed by atoms with van der Waals surface area (Å²) in [4.78, 5) is 10.6. The Balaban J connectivity index is 2.47. The number of rotatable bonds is 5. The summed E-state index contributed by atoms with van der Waals surface area (Å²) in [6, 6.07) is 8.97. The fourth-order valence-electron chi connectivity index (χ4n) is 1.95. The highest BCUT2D eigenvalue weighted by Gasteiger charge is 2.19. The normalized spacial score (nSPS) is 10.4. The Labute approximate surface area is 121 Å².